The highest BCUT2D eigenvalue weighted by atomic mass is 35.5. The van der Waals surface area contributed by atoms with Crippen LogP contribution in [0.2, 0.25) is 5.02 Å². The predicted octanol–water partition coefficient (Wildman–Crippen LogP) is 5.13. The van der Waals surface area contributed by atoms with E-state index in [9.17, 15) is 9.59 Å². The summed E-state index contributed by atoms with van der Waals surface area (Å²) < 4.78 is 16.6. The van der Waals surface area contributed by atoms with Gasteiger partial charge in [-0.05, 0) is 61.2 Å². The Morgan fingerprint density at radius 1 is 1.17 bits per heavy atom. The van der Waals surface area contributed by atoms with Crippen LogP contribution in [0.15, 0.2) is 70.3 Å². The number of amidine groups is 1. The Kier molecular flexibility index (Phi) is 7.67. The highest BCUT2D eigenvalue weighted by Crippen LogP contribution is 2.43. The number of carbonyl (C=O) groups is 2. The Labute approximate surface area is 212 Å². The number of halogens is 1. The maximum absolute atomic E-state index is 12.8. The lowest BCUT2D eigenvalue weighted by Crippen LogP contribution is -2.34. The summed E-state index contributed by atoms with van der Waals surface area (Å²) in [5.74, 6) is 0.0923. The molecule has 2 aliphatic heterocycles. The van der Waals surface area contributed by atoms with Gasteiger partial charge in [0.2, 0.25) is 0 Å². The van der Waals surface area contributed by atoms with Gasteiger partial charge in [-0.2, -0.15) is 0 Å². The summed E-state index contributed by atoms with van der Waals surface area (Å²) in [6.07, 6.45) is 1.89. The number of allylic oxidation sites excluding steroid dienone is 1. The molecular formula is C25H24ClN3O5S. The molecule has 1 N–H and O–H groups in total. The number of methoxy groups -OCH3 is 1. The number of fused-ring (bicyclic) bond motifs is 1. The Morgan fingerprint density at radius 2 is 1.94 bits per heavy atom. The Hall–Kier alpha value is -3.43. The van der Waals surface area contributed by atoms with Crippen LogP contribution in [0.3, 0.4) is 0 Å². The zero-order valence-electron chi connectivity index (χ0n) is 19.4. The van der Waals surface area contributed by atoms with Gasteiger partial charge in [-0.3, -0.25) is 4.79 Å². The average Bonchev–Trinajstić information content (AvgIpc) is 3.31. The molecule has 0 saturated carbocycles. The number of ether oxygens (including phenoxy) is 3. The van der Waals surface area contributed by atoms with Gasteiger partial charge in [-0.15, -0.1) is 0 Å². The third kappa shape index (κ3) is 5.47. The molecule has 8 nitrogen and oxygen atoms in total. The number of carbonyl (C=O) groups excluding carboxylic acids is 2. The SMILES string of the molecule is CCOC(=O)C1=C(C)N=C2SC=CN2[C@H]1c1ccc(OCC(=O)Nc2ccc(Cl)cc2)c(OC)c1. The van der Waals surface area contributed by atoms with E-state index in [2.05, 4.69) is 10.3 Å². The standard InChI is InChI=1S/C25H24ClN3O5S/c1-4-33-24(31)22-15(2)27-25-29(11-12-35-25)23(22)16-5-10-19(20(13-16)32-3)34-14-21(30)28-18-8-6-17(26)7-9-18/h5-13,23H,4,14H2,1-3H3,(H,28,30)/t23-/m0/s1. The van der Waals surface area contributed by atoms with E-state index >= 15 is 0 Å². The molecule has 35 heavy (non-hydrogen) atoms. The number of nitrogens with zero attached hydrogens (tertiary/aromatic N) is 2. The highest BCUT2D eigenvalue weighted by Gasteiger charge is 2.37. The fourth-order valence-corrected chi connectivity index (χ4v) is 4.66. The van der Waals surface area contributed by atoms with Gasteiger partial charge in [0.15, 0.2) is 23.3 Å². The summed E-state index contributed by atoms with van der Waals surface area (Å²) in [5, 5.41) is 6.03. The number of hydrogen-bond donors (Lipinski definition) is 1. The third-order valence-corrected chi connectivity index (χ3v) is 6.33. The van der Waals surface area contributed by atoms with Crippen molar-refractivity contribution in [2.45, 2.75) is 19.9 Å². The zero-order valence-corrected chi connectivity index (χ0v) is 21.0. The van der Waals surface area contributed by atoms with E-state index in [0.717, 1.165) is 10.7 Å². The van der Waals surface area contributed by atoms with E-state index in [-0.39, 0.29) is 19.1 Å². The van der Waals surface area contributed by atoms with Crippen molar-refractivity contribution in [3.05, 3.63) is 75.9 Å². The monoisotopic (exact) mass is 513 g/mol. The fourth-order valence-electron chi connectivity index (χ4n) is 3.75. The van der Waals surface area contributed by atoms with E-state index in [0.29, 0.717) is 33.5 Å². The summed E-state index contributed by atoms with van der Waals surface area (Å²) in [5.41, 5.74) is 2.47. The third-order valence-electron chi connectivity index (χ3n) is 5.31. The van der Waals surface area contributed by atoms with Crippen molar-refractivity contribution in [1.29, 1.82) is 0 Å². The number of benzene rings is 2. The van der Waals surface area contributed by atoms with Gasteiger partial charge in [0.05, 0.1) is 31.0 Å². The van der Waals surface area contributed by atoms with Crippen molar-refractivity contribution < 1.29 is 23.8 Å². The molecule has 0 spiro atoms. The first-order valence-electron chi connectivity index (χ1n) is 10.9. The fraction of sp³-hybridized carbons (Fsp3) is 0.240. The molecule has 0 saturated heterocycles. The molecular weight excluding hydrogens is 490 g/mol. The van der Waals surface area contributed by atoms with Gasteiger partial charge >= 0.3 is 5.97 Å². The minimum atomic E-state index is -0.441. The minimum Gasteiger partial charge on any atom is -0.493 e. The van der Waals surface area contributed by atoms with Gasteiger partial charge in [-0.25, -0.2) is 9.79 Å². The molecule has 1 amide bonds. The second-order valence-corrected chi connectivity index (χ2v) is 8.89. The lowest BCUT2D eigenvalue weighted by atomic mass is 9.94. The maximum Gasteiger partial charge on any atom is 0.338 e. The van der Waals surface area contributed by atoms with Crippen LogP contribution in [0.25, 0.3) is 0 Å². The number of hydrogen-bond acceptors (Lipinski definition) is 8. The molecule has 0 radical (unpaired) electrons. The molecule has 2 aromatic rings. The summed E-state index contributed by atoms with van der Waals surface area (Å²) in [7, 11) is 1.52. The second kappa shape index (κ2) is 10.9. The molecule has 10 heteroatoms. The molecule has 0 unspecified atom stereocenters. The summed E-state index contributed by atoms with van der Waals surface area (Å²) in [6.45, 7) is 3.62. The molecule has 0 bridgehead atoms. The molecule has 4 rings (SSSR count). The number of esters is 1. The van der Waals surface area contributed by atoms with Crippen LogP contribution in [0.1, 0.15) is 25.5 Å². The molecule has 1 atom stereocenters. The van der Waals surface area contributed by atoms with Crippen molar-refractivity contribution in [1.82, 2.24) is 4.90 Å². The topological polar surface area (TPSA) is 89.5 Å². The van der Waals surface area contributed by atoms with Gasteiger partial charge in [0.25, 0.3) is 5.91 Å². The molecule has 2 aliphatic rings. The van der Waals surface area contributed by atoms with Crippen molar-refractivity contribution in [3.63, 3.8) is 0 Å². The van der Waals surface area contributed by atoms with Gasteiger partial charge in [0.1, 0.15) is 0 Å². The summed E-state index contributed by atoms with van der Waals surface area (Å²) >= 11 is 7.36. The van der Waals surface area contributed by atoms with Crippen molar-refractivity contribution >= 4 is 46.1 Å². The number of anilines is 1. The molecule has 2 aromatic carbocycles. The van der Waals surface area contributed by atoms with Crippen molar-refractivity contribution in [2.24, 2.45) is 4.99 Å². The van der Waals surface area contributed by atoms with Crippen LogP contribution in [0, 0.1) is 0 Å². The van der Waals surface area contributed by atoms with Gasteiger partial charge < -0.3 is 24.4 Å². The Bertz CT molecular complexity index is 1230. The van der Waals surface area contributed by atoms with E-state index < -0.39 is 12.0 Å². The lowest BCUT2D eigenvalue weighted by Gasteiger charge is -2.33. The first-order chi connectivity index (χ1) is 16.9. The number of rotatable bonds is 8. The Morgan fingerprint density at radius 3 is 2.66 bits per heavy atom. The smallest absolute Gasteiger partial charge is 0.338 e. The van der Waals surface area contributed by atoms with Crippen molar-refractivity contribution in [3.8, 4) is 11.5 Å². The van der Waals surface area contributed by atoms with Crippen LogP contribution in [0.4, 0.5) is 5.69 Å². The van der Waals surface area contributed by atoms with E-state index in [1.165, 1.54) is 18.9 Å². The molecule has 182 valence electrons. The van der Waals surface area contributed by atoms with E-state index in [1.54, 1.807) is 50.2 Å². The first-order valence-corrected chi connectivity index (χ1v) is 12.1. The van der Waals surface area contributed by atoms with E-state index in [1.807, 2.05) is 22.6 Å². The van der Waals surface area contributed by atoms with Gasteiger partial charge in [-0.1, -0.05) is 29.4 Å². The summed E-state index contributed by atoms with van der Waals surface area (Å²) in [4.78, 5) is 31.7. The quantitative estimate of drug-likeness (QED) is 0.489. The normalized spacial score (nSPS) is 16.5. The molecule has 0 aliphatic carbocycles. The van der Waals surface area contributed by atoms with Crippen molar-refractivity contribution in [2.75, 3.05) is 25.6 Å². The number of thioether (sulfide) groups is 1. The van der Waals surface area contributed by atoms with Crippen LogP contribution in [-0.2, 0) is 14.3 Å². The van der Waals surface area contributed by atoms with Crippen LogP contribution < -0.4 is 14.8 Å². The number of aliphatic imine (C=N–C) groups is 1. The van der Waals surface area contributed by atoms with Crippen LogP contribution >= 0.6 is 23.4 Å². The minimum absolute atomic E-state index is 0.211. The number of nitrogens with one attached hydrogen (secondary N) is 1. The number of amides is 1. The molecule has 0 fully saturated rings. The molecule has 2 heterocycles. The summed E-state index contributed by atoms with van der Waals surface area (Å²) in [6, 6.07) is 11.7. The van der Waals surface area contributed by atoms with E-state index in [4.69, 9.17) is 25.8 Å². The Balaban J connectivity index is 1.55. The maximum atomic E-state index is 12.8. The van der Waals surface area contributed by atoms with Crippen LogP contribution in [-0.4, -0.2) is 42.3 Å². The largest absolute Gasteiger partial charge is 0.493 e. The predicted molar refractivity (Wildman–Crippen MR) is 137 cm³/mol. The second-order valence-electron chi connectivity index (χ2n) is 7.58. The zero-order chi connectivity index (χ0) is 24.9. The first kappa shape index (κ1) is 24.7. The van der Waals surface area contributed by atoms with Gasteiger partial charge in [0, 0.05) is 16.9 Å². The molecule has 0 aromatic heterocycles. The lowest BCUT2D eigenvalue weighted by molar-refractivity contribution is -0.139. The van der Waals surface area contributed by atoms with Crippen LogP contribution in [0.5, 0.6) is 11.5 Å². The average molecular weight is 514 g/mol. The highest BCUT2D eigenvalue weighted by molar-refractivity contribution is 8.16.